The van der Waals surface area contributed by atoms with E-state index < -0.39 is 129 Å². The zero-order valence-corrected chi connectivity index (χ0v) is 37.2. The molecule has 5 saturated heterocycles. The van der Waals surface area contributed by atoms with Crippen molar-refractivity contribution in [1.29, 1.82) is 0 Å². The van der Waals surface area contributed by atoms with Crippen LogP contribution in [-0.2, 0) is 37.9 Å². The number of aliphatic hydroxyl groups excluding tert-OH is 10. The molecule has 0 aromatic carbocycles. The zero-order chi connectivity index (χ0) is 45.8. The number of fused-ring (bicyclic) bond motifs is 7. The van der Waals surface area contributed by atoms with Crippen LogP contribution in [0.3, 0.4) is 0 Å². The van der Waals surface area contributed by atoms with E-state index in [-0.39, 0.29) is 40.6 Å². The molecular formula is C45H72O19. The van der Waals surface area contributed by atoms with E-state index in [9.17, 15) is 56.2 Å². The van der Waals surface area contributed by atoms with Gasteiger partial charge in [-0.3, -0.25) is 0 Å². The molecule has 4 aliphatic carbocycles. The van der Waals surface area contributed by atoms with Gasteiger partial charge in [-0.25, -0.2) is 0 Å². The summed E-state index contributed by atoms with van der Waals surface area (Å²) in [6.07, 6.45) is -16.1. The van der Waals surface area contributed by atoms with Gasteiger partial charge in [0, 0.05) is 30.1 Å². The fourth-order valence-electron chi connectivity index (χ4n) is 14.0. The highest BCUT2D eigenvalue weighted by Gasteiger charge is 2.74. The first-order valence-corrected chi connectivity index (χ1v) is 23.6. The molecule has 0 aromatic rings. The lowest BCUT2D eigenvalue weighted by Gasteiger charge is -2.62. The minimum Gasteiger partial charge on any atom is -0.394 e. The van der Waals surface area contributed by atoms with E-state index in [1.807, 2.05) is 0 Å². The van der Waals surface area contributed by atoms with Gasteiger partial charge in [-0.1, -0.05) is 39.3 Å². The Morgan fingerprint density at radius 1 is 0.656 bits per heavy atom. The van der Waals surface area contributed by atoms with E-state index in [1.165, 1.54) is 5.57 Å². The fourth-order valence-corrected chi connectivity index (χ4v) is 14.0. The van der Waals surface area contributed by atoms with Crippen LogP contribution in [0.2, 0.25) is 0 Å². The van der Waals surface area contributed by atoms with Crippen molar-refractivity contribution in [2.45, 2.75) is 201 Å². The molecular weight excluding hydrogens is 844 g/mol. The summed E-state index contributed by atoms with van der Waals surface area (Å²) in [5.41, 5.74) is -0.154. The molecule has 64 heavy (non-hydrogen) atoms. The van der Waals surface area contributed by atoms with Gasteiger partial charge in [-0.15, -0.1) is 0 Å². The maximum Gasteiger partial charge on any atom is 0.187 e. The molecule has 26 unspecified atom stereocenters. The highest BCUT2D eigenvalue weighted by Crippen LogP contribution is 2.72. The van der Waals surface area contributed by atoms with Crippen LogP contribution >= 0.6 is 0 Å². The summed E-state index contributed by atoms with van der Waals surface area (Å²) in [4.78, 5) is 0. The summed E-state index contributed by atoms with van der Waals surface area (Å²) in [7, 11) is 0. The predicted octanol–water partition coefficient (Wildman–Crippen LogP) is -1.70. The minimum absolute atomic E-state index is 0.0529. The Kier molecular flexibility index (Phi) is 13.3. The highest BCUT2D eigenvalue weighted by molar-refractivity contribution is 5.29. The van der Waals surface area contributed by atoms with Gasteiger partial charge in [0.25, 0.3) is 0 Å². The van der Waals surface area contributed by atoms with Crippen LogP contribution in [-0.4, -0.2) is 198 Å². The molecule has 0 aromatic heterocycles. The lowest BCUT2D eigenvalue weighted by Crippen LogP contribution is -2.67. The van der Waals surface area contributed by atoms with Crippen LogP contribution < -0.4 is 0 Å². The van der Waals surface area contributed by atoms with Gasteiger partial charge in [0.15, 0.2) is 24.7 Å². The summed E-state index contributed by atoms with van der Waals surface area (Å²) in [5.74, 6) is 0.644. The number of ether oxygens (including phenoxy) is 8. The average Bonchev–Trinajstić information content (AvgIpc) is 3.68. The molecule has 9 rings (SSSR count). The summed E-state index contributed by atoms with van der Waals surface area (Å²) in [6.45, 7) is 7.49. The fraction of sp³-hybridized carbons (Fsp3) is 0.956. The largest absolute Gasteiger partial charge is 0.394 e. The molecule has 1 spiro atoms. The van der Waals surface area contributed by atoms with E-state index in [2.05, 4.69) is 33.8 Å². The standard InChI is InChI=1S/C45H72O19/c1-19-7-12-45(57-18-19)20(2)29-25(64-45)14-44(56)24-6-5-21-13-22(8-10-42(21,3)23(24)9-11-43(29,44)4)58-39-36(55)34(53)37(28(17-48)61-39)62-41-38(33(52)31(50)27(16-47)60-41)63-40-35(54)32(51)30(49)26(15-46)59-40/h5,19-20,22-41,46-56H,6-18H2,1-4H3. The van der Waals surface area contributed by atoms with Crippen molar-refractivity contribution in [1.82, 2.24) is 0 Å². The quantitative estimate of drug-likeness (QED) is 0.115. The second-order valence-corrected chi connectivity index (χ2v) is 21.2. The number of allylic oxidation sites excluding steroid dienone is 1. The predicted molar refractivity (Wildman–Crippen MR) is 217 cm³/mol. The zero-order valence-electron chi connectivity index (χ0n) is 37.2. The van der Waals surface area contributed by atoms with Gasteiger partial charge in [-0.2, -0.15) is 0 Å². The van der Waals surface area contributed by atoms with Gasteiger partial charge in [0.2, 0.25) is 0 Å². The lowest BCUT2D eigenvalue weighted by molar-refractivity contribution is -0.390. The molecule has 19 nitrogen and oxygen atoms in total. The molecule has 0 bridgehead atoms. The summed E-state index contributed by atoms with van der Waals surface area (Å²) in [5, 5.41) is 119. The molecule has 9 aliphatic rings. The lowest BCUT2D eigenvalue weighted by atomic mass is 9.45. The Bertz CT molecular complexity index is 1680. The molecule has 366 valence electrons. The molecule has 5 aliphatic heterocycles. The number of aliphatic hydroxyl groups is 11. The highest BCUT2D eigenvalue weighted by atomic mass is 16.8. The molecule has 0 radical (unpaired) electrons. The SMILES string of the molecule is CC1CCC2(OC1)OC1CC3(O)C4CC=C5CC(OC6OC(CO)C(OC7OC(CO)C(O)C(O)C7OC7OC(CO)C(O)C(O)C7O)C(O)C6O)CCC5(C)C4CCC3(C)C1C2C. The maximum atomic E-state index is 12.9. The Hall–Kier alpha value is -1.02. The van der Waals surface area contributed by atoms with Crippen molar-refractivity contribution >= 4 is 0 Å². The van der Waals surface area contributed by atoms with Gasteiger partial charge in [0.1, 0.15) is 73.2 Å². The Balaban J connectivity index is 0.859. The number of hydrogen-bond acceptors (Lipinski definition) is 19. The molecule has 5 heterocycles. The normalized spacial score (nSPS) is 57.4. The third-order valence-corrected chi connectivity index (χ3v) is 17.9. The van der Waals surface area contributed by atoms with Crippen molar-refractivity contribution in [3.63, 3.8) is 0 Å². The molecule has 3 saturated carbocycles. The van der Waals surface area contributed by atoms with E-state index >= 15 is 0 Å². The van der Waals surface area contributed by atoms with Crippen LogP contribution in [0.1, 0.15) is 85.5 Å². The minimum atomic E-state index is -1.90. The van der Waals surface area contributed by atoms with Crippen molar-refractivity contribution in [3.8, 4) is 0 Å². The molecule has 19 heteroatoms. The van der Waals surface area contributed by atoms with Crippen LogP contribution in [0.15, 0.2) is 11.6 Å². The molecule has 26 atom stereocenters. The topological polar surface area (TPSA) is 296 Å². The summed E-state index contributed by atoms with van der Waals surface area (Å²) < 4.78 is 48.7. The Labute approximate surface area is 373 Å². The van der Waals surface area contributed by atoms with E-state index in [0.29, 0.717) is 31.8 Å². The van der Waals surface area contributed by atoms with Gasteiger partial charge in [-0.05, 0) is 68.1 Å². The van der Waals surface area contributed by atoms with E-state index in [0.717, 1.165) is 38.5 Å². The van der Waals surface area contributed by atoms with Crippen molar-refractivity contribution in [3.05, 3.63) is 11.6 Å². The van der Waals surface area contributed by atoms with Crippen molar-refractivity contribution in [2.24, 2.45) is 40.4 Å². The molecule has 0 amide bonds. The Morgan fingerprint density at radius 2 is 1.27 bits per heavy atom. The van der Waals surface area contributed by atoms with Crippen molar-refractivity contribution < 1.29 is 94.1 Å². The first kappa shape index (κ1) is 48.0. The third-order valence-electron chi connectivity index (χ3n) is 17.9. The van der Waals surface area contributed by atoms with E-state index in [1.54, 1.807) is 0 Å². The Morgan fingerprint density at radius 3 is 1.94 bits per heavy atom. The molecule has 8 fully saturated rings. The van der Waals surface area contributed by atoms with Gasteiger partial charge >= 0.3 is 0 Å². The van der Waals surface area contributed by atoms with Crippen LogP contribution in [0.25, 0.3) is 0 Å². The summed E-state index contributed by atoms with van der Waals surface area (Å²) in [6, 6.07) is 0. The van der Waals surface area contributed by atoms with Gasteiger partial charge in [0.05, 0.1) is 44.2 Å². The van der Waals surface area contributed by atoms with Crippen LogP contribution in [0, 0.1) is 40.4 Å². The maximum absolute atomic E-state index is 12.9. The van der Waals surface area contributed by atoms with Crippen molar-refractivity contribution in [2.75, 3.05) is 26.4 Å². The smallest absolute Gasteiger partial charge is 0.187 e. The van der Waals surface area contributed by atoms with Crippen LogP contribution in [0.5, 0.6) is 0 Å². The first-order chi connectivity index (χ1) is 30.3. The first-order valence-electron chi connectivity index (χ1n) is 23.6. The average molecular weight is 917 g/mol. The number of hydrogen-bond donors (Lipinski definition) is 11. The van der Waals surface area contributed by atoms with Crippen LogP contribution in [0.4, 0.5) is 0 Å². The third kappa shape index (κ3) is 7.50. The van der Waals surface area contributed by atoms with Gasteiger partial charge < -0.3 is 94.1 Å². The number of rotatable bonds is 9. The second-order valence-electron chi connectivity index (χ2n) is 21.2. The summed E-state index contributed by atoms with van der Waals surface area (Å²) >= 11 is 0. The monoisotopic (exact) mass is 916 g/mol. The van der Waals surface area contributed by atoms with E-state index in [4.69, 9.17) is 37.9 Å². The molecule has 11 N–H and O–H groups in total. The second kappa shape index (κ2) is 17.7.